The highest BCUT2D eigenvalue weighted by Crippen LogP contribution is 2.31. The largest absolute Gasteiger partial charge is 0.496 e. The van der Waals surface area contributed by atoms with Crippen LogP contribution in [0.5, 0.6) is 5.75 Å². The molecule has 84 valence electrons. The van der Waals surface area contributed by atoms with E-state index in [-0.39, 0.29) is 11.7 Å². The molecule has 1 rings (SSSR count). The molecule has 2 nitrogen and oxygen atoms in total. The average Bonchev–Trinajstić information content (AvgIpc) is 2.18. The highest BCUT2D eigenvalue weighted by Gasteiger charge is 2.18. The van der Waals surface area contributed by atoms with Crippen molar-refractivity contribution in [3.05, 3.63) is 29.6 Å². The van der Waals surface area contributed by atoms with Crippen LogP contribution in [0.15, 0.2) is 18.2 Å². The molecule has 0 heterocycles. The SMILES string of the molecule is COc1ccc(F)cc1C(CN)C(C)C. The third-order valence-corrected chi connectivity index (χ3v) is 2.65. The second-order valence-corrected chi connectivity index (χ2v) is 3.97. The van der Waals surface area contributed by atoms with Crippen LogP contribution in [0.2, 0.25) is 0 Å². The van der Waals surface area contributed by atoms with E-state index in [1.54, 1.807) is 13.2 Å². The summed E-state index contributed by atoms with van der Waals surface area (Å²) in [6, 6.07) is 4.56. The quantitative estimate of drug-likeness (QED) is 0.830. The first-order chi connectivity index (χ1) is 7.10. The lowest BCUT2D eigenvalue weighted by Crippen LogP contribution is -2.18. The average molecular weight is 211 g/mol. The van der Waals surface area contributed by atoms with E-state index >= 15 is 0 Å². The molecule has 1 aromatic rings. The molecular weight excluding hydrogens is 193 g/mol. The van der Waals surface area contributed by atoms with E-state index < -0.39 is 0 Å². The van der Waals surface area contributed by atoms with Gasteiger partial charge in [-0.05, 0) is 30.7 Å². The summed E-state index contributed by atoms with van der Waals surface area (Å²) in [6.07, 6.45) is 0. The molecule has 1 aromatic carbocycles. The Labute approximate surface area is 90.2 Å². The zero-order valence-electron chi connectivity index (χ0n) is 9.46. The first kappa shape index (κ1) is 12.0. The van der Waals surface area contributed by atoms with Gasteiger partial charge >= 0.3 is 0 Å². The van der Waals surface area contributed by atoms with Crippen molar-refractivity contribution < 1.29 is 9.13 Å². The number of ether oxygens (including phenoxy) is 1. The van der Waals surface area contributed by atoms with Gasteiger partial charge in [0.15, 0.2) is 0 Å². The number of hydrogen-bond donors (Lipinski definition) is 1. The van der Waals surface area contributed by atoms with Crippen molar-refractivity contribution in [2.75, 3.05) is 13.7 Å². The summed E-state index contributed by atoms with van der Waals surface area (Å²) in [7, 11) is 1.59. The van der Waals surface area contributed by atoms with Gasteiger partial charge in [-0.15, -0.1) is 0 Å². The van der Waals surface area contributed by atoms with Gasteiger partial charge in [-0.2, -0.15) is 0 Å². The number of methoxy groups -OCH3 is 1. The van der Waals surface area contributed by atoms with E-state index in [0.29, 0.717) is 18.2 Å². The minimum atomic E-state index is -0.245. The van der Waals surface area contributed by atoms with Crippen LogP contribution in [0.3, 0.4) is 0 Å². The Morgan fingerprint density at radius 2 is 2.07 bits per heavy atom. The smallest absolute Gasteiger partial charge is 0.123 e. The Morgan fingerprint density at radius 3 is 2.53 bits per heavy atom. The lowest BCUT2D eigenvalue weighted by molar-refractivity contribution is 0.394. The Hall–Kier alpha value is -1.09. The van der Waals surface area contributed by atoms with Crippen molar-refractivity contribution in [1.29, 1.82) is 0 Å². The van der Waals surface area contributed by atoms with Crippen molar-refractivity contribution in [3.63, 3.8) is 0 Å². The molecule has 0 aromatic heterocycles. The van der Waals surface area contributed by atoms with Gasteiger partial charge in [0.05, 0.1) is 7.11 Å². The van der Waals surface area contributed by atoms with Gasteiger partial charge in [0.25, 0.3) is 0 Å². The summed E-state index contributed by atoms with van der Waals surface area (Å²) in [6.45, 7) is 4.64. The van der Waals surface area contributed by atoms with Crippen LogP contribution in [0.4, 0.5) is 4.39 Å². The maximum absolute atomic E-state index is 13.1. The molecule has 0 aliphatic rings. The molecule has 3 heteroatoms. The van der Waals surface area contributed by atoms with Crippen LogP contribution < -0.4 is 10.5 Å². The van der Waals surface area contributed by atoms with Gasteiger partial charge in [-0.1, -0.05) is 13.8 Å². The fourth-order valence-corrected chi connectivity index (χ4v) is 1.75. The monoisotopic (exact) mass is 211 g/mol. The summed E-state index contributed by atoms with van der Waals surface area (Å²) in [5, 5.41) is 0. The van der Waals surface area contributed by atoms with Crippen molar-refractivity contribution >= 4 is 0 Å². The fourth-order valence-electron chi connectivity index (χ4n) is 1.75. The summed E-state index contributed by atoms with van der Waals surface area (Å²) in [5.41, 5.74) is 6.56. The van der Waals surface area contributed by atoms with Gasteiger partial charge in [0.2, 0.25) is 0 Å². The van der Waals surface area contributed by atoms with Crippen LogP contribution in [0, 0.1) is 11.7 Å². The maximum atomic E-state index is 13.1. The number of nitrogens with two attached hydrogens (primary N) is 1. The topological polar surface area (TPSA) is 35.2 Å². The van der Waals surface area contributed by atoms with Gasteiger partial charge in [0.1, 0.15) is 11.6 Å². The van der Waals surface area contributed by atoms with E-state index in [1.165, 1.54) is 12.1 Å². The Morgan fingerprint density at radius 1 is 1.40 bits per heavy atom. The third kappa shape index (κ3) is 2.69. The van der Waals surface area contributed by atoms with Crippen LogP contribution in [0.1, 0.15) is 25.3 Å². The summed E-state index contributed by atoms with van der Waals surface area (Å²) >= 11 is 0. The second kappa shape index (κ2) is 5.12. The highest BCUT2D eigenvalue weighted by atomic mass is 19.1. The van der Waals surface area contributed by atoms with Gasteiger partial charge < -0.3 is 10.5 Å². The Kier molecular flexibility index (Phi) is 4.09. The van der Waals surface area contributed by atoms with Gasteiger partial charge in [-0.25, -0.2) is 4.39 Å². The molecule has 0 amide bonds. The van der Waals surface area contributed by atoms with Crippen molar-refractivity contribution in [1.82, 2.24) is 0 Å². The zero-order chi connectivity index (χ0) is 11.4. The lowest BCUT2D eigenvalue weighted by atomic mass is 9.88. The standard InChI is InChI=1S/C12H18FNO/c1-8(2)11(7-14)10-6-9(13)4-5-12(10)15-3/h4-6,8,11H,7,14H2,1-3H3. The van der Waals surface area contributed by atoms with Crippen molar-refractivity contribution in [3.8, 4) is 5.75 Å². The van der Waals surface area contributed by atoms with Crippen LogP contribution in [0.25, 0.3) is 0 Å². The Bertz CT molecular complexity index is 325. The van der Waals surface area contributed by atoms with Crippen LogP contribution in [-0.2, 0) is 0 Å². The van der Waals surface area contributed by atoms with Gasteiger partial charge in [-0.3, -0.25) is 0 Å². The first-order valence-electron chi connectivity index (χ1n) is 5.13. The molecule has 0 aliphatic heterocycles. The predicted molar refractivity (Wildman–Crippen MR) is 59.6 cm³/mol. The van der Waals surface area contributed by atoms with Crippen LogP contribution >= 0.6 is 0 Å². The summed E-state index contributed by atoms with van der Waals surface area (Å²) in [5.74, 6) is 0.965. The lowest BCUT2D eigenvalue weighted by Gasteiger charge is -2.21. The molecule has 0 radical (unpaired) electrons. The molecule has 0 fully saturated rings. The number of halogens is 1. The van der Waals surface area contributed by atoms with Crippen molar-refractivity contribution in [2.45, 2.75) is 19.8 Å². The third-order valence-electron chi connectivity index (χ3n) is 2.65. The van der Waals surface area contributed by atoms with Gasteiger partial charge in [0, 0.05) is 11.5 Å². The second-order valence-electron chi connectivity index (χ2n) is 3.97. The van der Waals surface area contributed by atoms with E-state index in [2.05, 4.69) is 13.8 Å². The summed E-state index contributed by atoms with van der Waals surface area (Å²) in [4.78, 5) is 0. The molecule has 1 unspecified atom stereocenters. The van der Waals surface area contributed by atoms with E-state index in [1.807, 2.05) is 0 Å². The molecule has 1 atom stereocenters. The molecular formula is C12H18FNO. The number of benzene rings is 1. The first-order valence-corrected chi connectivity index (χ1v) is 5.13. The molecule has 0 bridgehead atoms. The van der Waals surface area contributed by atoms with E-state index in [4.69, 9.17) is 10.5 Å². The number of rotatable bonds is 4. The minimum absolute atomic E-state index is 0.135. The van der Waals surface area contributed by atoms with E-state index in [9.17, 15) is 4.39 Å². The predicted octanol–water partition coefficient (Wildman–Crippen LogP) is 2.53. The van der Waals surface area contributed by atoms with Crippen molar-refractivity contribution in [2.24, 2.45) is 11.7 Å². The zero-order valence-corrected chi connectivity index (χ0v) is 9.46. The van der Waals surface area contributed by atoms with Crippen LogP contribution in [-0.4, -0.2) is 13.7 Å². The molecule has 15 heavy (non-hydrogen) atoms. The highest BCUT2D eigenvalue weighted by molar-refractivity contribution is 5.37. The molecule has 0 saturated heterocycles. The summed E-state index contributed by atoms with van der Waals surface area (Å²) < 4.78 is 18.4. The molecule has 2 N–H and O–H groups in total. The Balaban J connectivity index is 3.13. The maximum Gasteiger partial charge on any atom is 0.123 e. The normalized spacial score (nSPS) is 12.9. The molecule has 0 saturated carbocycles. The molecule has 0 aliphatic carbocycles. The molecule has 0 spiro atoms. The number of hydrogen-bond acceptors (Lipinski definition) is 2. The van der Waals surface area contributed by atoms with E-state index in [0.717, 1.165) is 5.56 Å². The minimum Gasteiger partial charge on any atom is -0.496 e. The fraction of sp³-hybridized carbons (Fsp3) is 0.500.